The number of nitrogens with two attached hydrogens (primary N) is 1. The molecule has 0 aromatic carbocycles. The second-order valence-electron chi connectivity index (χ2n) is 3.96. The van der Waals surface area contributed by atoms with Crippen LogP contribution in [0.5, 0.6) is 0 Å². The van der Waals surface area contributed by atoms with Gasteiger partial charge < -0.3 is 10.8 Å². The SMILES string of the molecule is NC1=NC(O)(C(F)(F)F)C(F)(C(F)(F)C(F)(F)C(F)(F)F)S1. The predicted molar refractivity (Wildman–Crippen MR) is 50.0 cm³/mol. The molecular weight excluding hydrogens is 369 g/mol. The highest BCUT2D eigenvalue weighted by Gasteiger charge is 2.90. The number of aliphatic imine (C=N–C) groups is 1. The van der Waals surface area contributed by atoms with Crippen LogP contribution < -0.4 is 5.73 Å². The molecule has 3 N–H and O–H groups in total. The topological polar surface area (TPSA) is 58.6 Å². The average molecular weight is 372 g/mol. The molecule has 0 saturated heterocycles. The molecule has 0 fully saturated rings. The van der Waals surface area contributed by atoms with E-state index in [1.54, 1.807) is 0 Å². The Morgan fingerprint density at radius 2 is 1.36 bits per heavy atom. The first-order valence-electron chi connectivity index (χ1n) is 4.70. The Hall–Kier alpha value is -0.990. The second kappa shape index (κ2) is 4.52. The number of hydrogen-bond acceptors (Lipinski definition) is 4. The smallest absolute Gasteiger partial charge is 0.378 e. The number of halogens is 11. The van der Waals surface area contributed by atoms with Gasteiger partial charge in [0.2, 0.25) is 0 Å². The van der Waals surface area contributed by atoms with Crippen molar-refractivity contribution in [3.8, 4) is 0 Å². The Balaban J connectivity index is 3.59. The van der Waals surface area contributed by atoms with Crippen LogP contribution in [0, 0.1) is 0 Å². The largest absolute Gasteiger partial charge is 0.460 e. The van der Waals surface area contributed by atoms with E-state index < -0.39 is 51.9 Å². The van der Waals surface area contributed by atoms with Crippen LogP contribution in [0.15, 0.2) is 4.99 Å². The van der Waals surface area contributed by atoms with Gasteiger partial charge in [-0.25, -0.2) is 9.38 Å². The fourth-order valence-electron chi connectivity index (χ4n) is 1.38. The highest BCUT2D eigenvalue weighted by molar-refractivity contribution is 8.15. The van der Waals surface area contributed by atoms with E-state index in [4.69, 9.17) is 5.11 Å². The summed E-state index contributed by atoms with van der Waals surface area (Å²) in [4.78, 5) is 1.84. The maximum absolute atomic E-state index is 14.0. The zero-order valence-electron chi connectivity index (χ0n) is 9.54. The number of rotatable bonds is 2. The van der Waals surface area contributed by atoms with Gasteiger partial charge in [0.25, 0.3) is 5.00 Å². The summed E-state index contributed by atoms with van der Waals surface area (Å²) in [7, 11) is 0. The summed E-state index contributed by atoms with van der Waals surface area (Å²) >= 11 is -1.59. The van der Waals surface area contributed by atoms with Crippen LogP contribution in [-0.4, -0.2) is 45.2 Å². The van der Waals surface area contributed by atoms with Gasteiger partial charge in [0, 0.05) is 0 Å². The molecule has 2 unspecified atom stereocenters. The summed E-state index contributed by atoms with van der Waals surface area (Å²) in [6.07, 6.45) is -13.6. The summed E-state index contributed by atoms with van der Waals surface area (Å²) in [5, 5.41) is 1.18. The molecule has 15 heteroatoms. The van der Waals surface area contributed by atoms with Crippen molar-refractivity contribution < 1.29 is 53.4 Å². The minimum Gasteiger partial charge on any atom is -0.378 e. The lowest BCUT2D eigenvalue weighted by Crippen LogP contribution is -2.70. The number of hydrogen-bond donors (Lipinski definition) is 2. The van der Waals surface area contributed by atoms with Crippen LogP contribution in [-0.2, 0) is 0 Å². The van der Waals surface area contributed by atoms with Gasteiger partial charge in [-0.1, -0.05) is 0 Å². The maximum atomic E-state index is 14.0. The predicted octanol–water partition coefficient (Wildman–Crippen LogP) is 2.80. The molecule has 1 rings (SSSR count). The fraction of sp³-hybridized carbons (Fsp3) is 0.857. The first kappa shape index (κ1) is 19.1. The third-order valence-electron chi connectivity index (χ3n) is 2.52. The molecule has 0 aromatic rings. The number of aliphatic hydroxyl groups is 1. The van der Waals surface area contributed by atoms with E-state index in [1.807, 2.05) is 4.99 Å². The van der Waals surface area contributed by atoms with Gasteiger partial charge >= 0.3 is 29.9 Å². The first-order chi connectivity index (χ1) is 9.35. The van der Waals surface area contributed by atoms with Gasteiger partial charge in [0.05, 0.1) is 0 Å². The standard InChI is InChI=1S/C7H3F11N2OS/c8-2(9,3(10,11)6(13,14)15)4(12)5(21,7(16,17)18)20-1(19)22-4/h21H,(H2,19,20). The molecule has 0 saturated carbocycles. The van der Waals surface area contributed by atoms with Crippen molar-refractivity contribution >= 4 is 16.9 Å². The Bertz CT molecular complexity index is 500. The zero-order valence-corrected chi connectivity index (χ0v) is 10.4. The lowest BCUT2D eigenvalue weighted by Gasteiger charge is -2.41. The molecule has 1 aliphatic heterocycles. The number of amidine groups is 1. The summed E-state index contributed by atoms with van der Waals surface area (Å²) in [5.41, 5.74) is -1.12. The first-order valence-corrected chi connectivity index (χ1v) is 5.51. The van der Waals surface area contributed by atoms with Crippen molar-refractivity contribution in [3.05, 3.63) is 0 Å². The fourth-order valence-corrected chi connectivity index (χ4v) is 2.40. The molecule has 1 aliphatic rings. The van der Waals surface area contributed by atoms with Gasteiger partial charge in [-0.2, -0.15) is 43.9 Å². The monoisotopic (exact) mass is 372 g/mol. The summed E-state index contributed by atoms with van der Waals surface area (Å²) in [6, 6.07) is 0. The van der Waals surface area contributed by atoms with E-state index in [1.165, 1.54) is 0 Å². The summed E-state index contributed by atoms with van der Waals surface area (Å²) < 4.78 is 140. The van der Waals surface area contributed by atoms with Crippen molar-refractivity contribution in [2.45, 2.75) is 34.9 Å². The highest BCUT2D eigenvalue weighted by Crippen LogP contribution is 2.64. The van der Waals surface area contributed by atoms with Crippen molar-refractivity contribution in [2.24, 2.45) is 10.7 Å². The number of thioether (sulfide) groups is 1. The van der Waals surface area contributed by atoms with Crippen LogP contribution in [0.3, 0.4) is 0 Å². The van der Waals surface area contributed by atoms with Crippen LogP contribution >= 0.6 is 11.8 Å². The molecule has 2 atom stereocenters. The molecule has 22 heavy (non-hydrogen) atoms. The van der Waals surface area contributed by atoms with Crippen LogP contribution in [0.25, 0.3) is 0 Å². The lowest BCUT2D eigenvalue weighted by atomic mass is 9.95. The molecule has 0 bridgehead atoms. The van der Waals surface area contributed by atoms with Gasteiger partial charge in [0.1, 0.15) is 0 Å². The molecule has 0 radical (unpaired) electrons. The third kappa shape index (κ3) is 2.11. The average Bonchev–Trinajstić information content (AvgIpc) is 2.48. The second-order valence-corrected chi connectivity index (χ2v) is 5.15. The van der Waals surface area contributed by atoms with Crippen molar-refractivity contribution in [1.82, 2.24) is 0 Å². The molecule has 0 amide bonds. The van der Waals surface area contributed by atoms with E-state index in [-0.39, 0.29) is 0 Å². The maximum Gasteiger partial charge on any atom is 0.460 e. The number of nitrogens with zero attached hydrogens (tertiary/aromatic N) is 1. The van der Waals surface area contributed by atoms with Crippen LogP contribution in [0.2, 0.25) is 0 Å². The zero-order chi connectivity index (χ0) is 18.0. The molecule has 0 spiro atoms. The van der Waals surface area contributed by atoms with E-state index in [2.05, 4.69) is 5.73 Å². The van der Waals surface area contributed by atoms with E-state index in [0.717, 1.165) is 0 Å². The van der Waals surface area contributed by atoms with Crippen molar-refractivity contribution in [3.63, 3.8) is 0 Å². The normalized spacial score (nSPS) is 31.4. The van der Waals surface area contributed by atoms with E-state index in [9.17, 15) is 48.3 Å². The Morgan fingerprint density at radius 3 is 1.68 bits per heavy atom. The molecule has 130 valence electrons. The Labute approximate surface area is 117 Å². The van der Waals surface area contributed by atoms with Crippen molar-refractivity contribution in [1.29, 1.82) is 0 Å². The minimum atomic E-state index is -7.25. The number of alkyl halides is 11. The highest BCUT2D eigenvalue weighted by atomic mass is 32.2. The lowest BCUT2D eigenvalue weighted by molar-refractivity contribution is -0.396. The van der Waals surface area contributed by atoms with E-state index >= 15 is 0 Å². The molecular formula is C7H3F11N2OS. The molecule has 0 aliphatic carbocycles. The molecule has 1 heterocycles. The Morgan fingerprint density at radius 1 is 0.955 bits per heavy atom. The molecule has 3 nitrogen and oxygen atoms in total. The third-order valence-corrected chi connectivity index (χ3v) is 3.64. The summed E-state index contributed by atoms with van der Waals surface area (Å²) in [5.74, 6) is -14.3. The van der Waals surface area contributed by atoms with E-state index in [0.29, 0.717) is 0 Å². The van der Waals surface area contributed by atoms with Gasteiger partial charge in [-0.3, -0.25) is 0 Å². The van der Waals surface area contributed by atoms with Crippen LogP contribution in [0.1, 0.15) is 0 Å². The van der Waals surface area contributed by atoms with Gasteiger partial charge in [-0.15, -0.1) is 0 Å². The van der Waals surface area contributed by atoms with Gasteiger partial charge in [0.15, 0.2) is 5.17 Å². The van der Waals surface area contributed by atoms with Crippen molar-refractivity contribution in [2.75, 3.05) is 0 Å². The van der Waals surface area contributed by atoms with Crippen LogP contribution in [0.4, 0.5) is 48.3 Å². The quantitative estimate of drug-likeness (QED) is 0.733. The molecule has 0 aromatic heterocycles. The van der Waals surface area contributed by atoms with Gasteiger partial charge in [-0.05, 0) is 11.8 Å². The summed E-state index contributed by atoms with van der Waals surface area (Å²) in [6.45, 7) is 0. The Kier molecular flexibility index (Phi) is 3.91. The minimum absolute atomic E-state index is 1.59.